The van der Waals surface area contributed by atoms with Crippen molar-refractivity contribution in [3.05, 3.63) is 387 Å². The van der Waals surface area contributed by atoms with Crippen LogP contribution in [0.2, 0.25) is 0 Å². The maximum Gasteiger partial charge on any atom is 0.154 e. The number of H-pyrrole nitrogens is 2. The predicted octanol–water partition coefficient (Wildman–Crippen LogP) is 13.4. The molecule has 0 unspecified atom stereocenters. The predicted molar refractivity (Wildman–Crippen MR) is 431 cm³/mol. The van der Waals surface area contributed by atoms with Gasteiger partial charge in [0.1, 0.15) is 0 Å². The fraction of sp³-hybridized carbons (Fsp3) is 0. The van der Waals surface area contributed by atoms with Crippen LogP contribution in [0.25, 0.3) is 90.9 Å². The van der Waals surface area contributed by atoms with Gasteiger partial charge in [-0.25, -0.2) is 9.97 Å². The van der Waals surface area contributed by atoms with Crippen molar-refractivity contribution in [2.24, 2.45) is 0 Å². The fourth-order valence-electron chi connectivity index (χ4n) is 14.5. The number of rotatable bonds is 16. The zero-order valence-electron chi connectivity index (χ0n) is 54.8. The average molecular weight is 1340 g/mol. The molecule has 2 aliphatic rings. The SMILES string of the molecule is C1=Cc2nc1c(-c1ccc([Si](c3ccccc3)c3ccccc3)cc1)c1ccc([nH]1)c(-c1ccc([Si](c3ccccc3)c3ccccc3)cc1)c1nc(c(-c3ccc([Si](c4ccccc4)c4ccccc4)cc3)c3ccc([nH]3)c2-c2ccc([Si](c3ccccc3)c3ccccc3)cc2)C=C1. The van der Waals surface area contributed by atoms with Crippen molar-refractivity contribution in [3.63, 3.8) is 0 Å². The lowest BCUT2D eigenvalue weighted by atomic mass is 10.0. The van der Waals surface area contributed by atoms with Crippen molar-refractivity contribution in [2.45, 2.75) is 0 Å². The van der Waals surface area contributed by atoms with Crippen LogP contribution in [0.3, 0.4) is 0 Å². The van der Waals surface area contributed by atoms with Crippen LogP contribution in [0, 0.1) is 0 Å². The Hall–Kier alpha value is -11.9. The quantitative estimate of drug-likeness (QED) is 0.0748. The highest BCUT2D eigenvalue weighted by Crippen LogP contribution is 2.38. The summed E-state index contributed by atoms with van der Waals surface area (Å²) < 4.78 is 0. The van der Waals surface area contributed by atoms with Crippen LogP contribution in [-0.4, -0.2) is 55.1 Å². The van der Waals surface area contributed by atoms with Gasteiger partial charge in [0.25, 0.3) is 0 Å². The molecule has 0 saturated carbocycles. The molecule has 4 nitrogen and oxygen atoms in total. The van der Waals surface area contributed by atoms with E-state index >= 15 is 0 Å². The zero-order valence-corrected chi connectivity index (χ0v) is 58.8. The number of aromatic nitrogens is 4. The van der Waals surface area contributed by atoms with Crippen LogP contribution >= 0.6 is 0 Å². The Kier molecular flexibility index (Phi) is 17.2. The molecule has 0 fully saturated rings. The molecular formula is C92H66N4Si4. The Morgan fingerprint density at radius 1 is 0.160 bits per heavy atom. The summed E-state index contributed by atoms with van der Waals surface area (Å²) in [5.41, 5.74) is 15.6. The van der Waals surface area contributed by atoms with Gasteiger partial charge in [0, 0.05) is 44.3 Å². The van der Waals surface area contributed by atoms with Crippen molar-refractivity contribution in [1.82, 2.24) is 19.9 Å². The van der Waals surface area contributed by atoms with Crippen LogP contribution in [0.15, 0.2) is 364 Å². The van der Waals surface area contributed by atoms with Crippen molar-refractivity contribution < 1.29 is 0 Å². The van der Waals surface area contributed by atoms with E-state index in [2.05, 4.69) is 398 Å². The lowest BCUT2D eigenvalue weighted by Crippen LogP contribution is -2.51. The second-order valence-electron chi connectivity index (χ2n) is 25.2. The van der Waals surface area contributed by atoms with E-state index in [1.54, 1.807) is 0 Å². The molecule has 0 saturated heterocycles. The van der Waals surface area contributed by atoms with E-state index in [1.807, 2.05) is 0 Å². The van der Waals surface area contributed by atoms with Crippen LogP contribution in [-0.2, 0) is 0 Å². The van der Waals surface area contributed by atoms with Gasteiger partial charge in [0.2, 0.25) is 0 Å². The van der Waals surface area contributed by atoms with Gasteiger partial charge in [-0.3, -0.25) is 0 Å². The number of aromatic amines is 2. The molecule has 5 heterocycles. The van der Waals surface area contributed by atoms with Gasteiger partial charge in [-0.1, -0.05) is 402 Å². The van der Waals surface area contributed by atoms with Crippen molar-refractivity contribution >= 4 is 144 Å². The van der Waals surface area contributed by atoms with Gasteiger partial charge in [-0.05, 0) is 70.8 Å². The summed E-state index contributed by atoms with van der Waals surface area (Å²) in [7, 11) is -5.38. The second kappa shape index (κ2) is 27.9. The molecule has 0 spiro atoms. The Morgan fingerprint density at radius 2 is 0.310 bits per heavy atom. The molecule has 15 aromatic rings. The standard InChI is InChI=1S/C92H66N4Si4/c1-9-25-69(26-10-1)97(70-27-11-2-12-28-70)77-49-41-65(42-50-77)89-81-57-59-83(93-81)90(66-43-51-78(52-44-66)98(71-29-13-3-14-30-71)72-31-15-4-16-32-72)85-61-63-87(95-85)92(68-47-55-80(56-48-68)100(75-37-21-7-22-38-75)76-39-23-8-24-40-76)88-64-62-86(96-88)91(84-60-58-82(89)94-84)67-45-53-79(54-46-67)99(73-33-17-5-18-34-73)74-35-19-6-20-36-74/h1-64,93,96H. The number of hydrogen-bond acceptors (Lipinski definition) is 2. The van der Waals surface area contributed by atoms with E-state index in [9.17, 15) is 0 Å². The first kappa shape index (κ1) is 61.7. The first-order valence-corrected chi connectivity index (χ1v) is 40.1. The second-order valence-corrected chi connectivity index (χ2v) is 35.2. The van der Waals surface area contributed by atoms with Gasteiger partial charge < -0.3 is 9.97 Å². The van der Waals surface area contributed by atoms with Crippen molar-refractivity contribution in [2.75, 3.05) is 0 Å². The average Bonchev–Trinajstić information content (AvgIpc) is 1.59. The van der Waals surface area contributed by atoms with E-state index in [1.165, 1.54) is 62.2 Å². The van der Waals surface area contributed by atoms with Gasteiger partial charge in [-0.15, -0.1) is 0 Å². The summed E-state index contributed by atoms with van der Waals surface area (Å²) in [5, 5.41) is 16.0. The number of benzene rings is 12. The minimum atomic E-state index is -1.35. The van der Waals surface area contributed by atoms with E-state index < -0.39 is 35.2 Å². The summed E-state index contributed by atoms with van der Waals surface area (Å²) >= 11 is 0. The molecule has 2 N–H and O–H groups in total. The maximum absolute atomic E-state index is 5.82. The van der Waals surface area contributed by atoms with Gasteiger partial charge >= 0.3 is 0 Å². The molecule has 470 valence electrons. The summed E-state index contributed by atoms with van der Waals surface area (Å²) in [6, 6.07) is 134. The summed E-state index contributed by atoms with van der Waals surface area (Å²) in [6.45, 7) is 0. The van der Waals surface area contributed by atoms with E-state index in [0.717, 1.165) is 89.4 Å². The van der Waals surface area contributed by atoms with Gasteiger partial charge in [0.15, 0.2) is 35.2 Å². The molecule has 2 aliphatic heterocycles. The van der Waals surface area contributed by atoms with Crippen molar-refractivity contribution in [1.29, 1.82) is 0 Å². The smallest absolute Gasteiger partial charge is 0.154 e. The van der Waals surface area contributed by atoms with Gasteiger partial charge in [0.05, 0.1) is 22.8 Å². The highest BCUT2D eigenvalue weighted by atomic mass is 28.3. The maximum atomic E-state index is 5.82. The first-order chi connectivity index (χ1) is 49.6. The van der Waals surface area contributed by atoms with Crippen LogP contribution in [0.5, 0.6) is 0 Å². The first-order valence-electron chi connectivity index (χ1n) is 34.1. The van der Waals surface area contributed by atoms with Gasteiger partial charge in [-0.2, -0.15) is 0 Å². The number of nitrogens with zero attached hydrogens (tertiary/aromatic N) is 2. The lowest BCUT2D eigenvalue weighted by molar-refractivity contribution is 1.31. The molecule has 4 radical (unpaired) electrons. The summed E-state index contributed by atoms with van der Waals surface area (Å²) in [5.74, 6) is 0. The topological polar surface area (TPSA) is 57.4 Å². The van der Waals surface area contributed by atoms with Crippen molar-refractivity contribution in [3.8, 4) is 44.5 Å². The monoisotopic (exact) mass is 1340 g/mol. The molecule has 0 amide bonds. The Morgan fingerprint density at radius 3 is 0.470 bits per heavy atom. The lowest BCUT2D eigenvalue weighted by Gasteiger charge is -2.17. The van der Waals surface area contributed by atoms with E-state index in [0.29, 0.717) is 0 Å². The Labute approximate surface area is 590 Å². The molecule has 0 atom stereocenters. The molecule has 17 rings (SSSR count). The third-order valence-electron chi connectivity index (χ3n) is 19.1. The number of nitrogens with one attached hydrogen (secondary N) is 2. The minimum absolute atomic E-state index is 0.870. The van der Waals surface area contributed by atoms with Crippen LogP contribution in [0.1, 0.15) is 22.8 Å². The molecule has 12 aromatic carbocycles. The van der Waals surface area contributed by atoms with Crippen LogP contribution in [0.4, 0.5) is 0 Å². The molecular weight excluding hydrogens is 1270 g/mol. The Bertz CT molecular complexity index is 4750. The van der Waals surface area contributed by atoms with E-state index in [4.69, 9.17) is 9.97 Å². The summed E-state index contributed by atoms with van der Waals surface area (Å²) in [6.07, 6.45) is 8.88. The number of hydrogen-bond donors (Lipinski definition) is 2. The number of fused-ring (bicyclic) bond motifs is 8. The molecule has 100 heavy (non-hydrogen) atoms. The zero-order chi connectivity index (χ0) is 66.6. The molecule has 0 aliphatic carbocycles. The van der Waals surface area contributed by atoms with E-state index in [-0.39, 0.29) is 0 Å². The summed E-state index contributed by atoms with van der Waals surface area (Å²) in [4.78, 5) is 19.8. The Balaban J connectivity index is 0.903. The molecule has 8 bridgehead atoms. The fourth-order valence-corrected chi connectivity index (χ4v) is 24.7. The minimum Gasteiger partial charge on any atom is -0.354 e. The third-order valence-corrected chi connectivity index (χ3v) is 30.0. The molecule has 8 heteroatoms. The highest BCUT2D eigenvalue weighted by Gasteiger charge is 2.26. The largest absolute Gasteiger partial charge is 0.354 e. The van der Waals surface area contributed by atoms with Crippen LogP contribution < -0.4 is 62.2 Å². The highest BCUT2D eigenvalue weighted by molar-refractivity contribution is 6.97. The normalized spacial score (nSPS) is 11.9. The molecule has 3 aromatic heterocycles. The third kappa shape index (κ3) is 12.4.